The van der Waals surface area contributed by atoms with Gasteiger partial charge in [-0.15, -0.1) is 0 Å². The van der Waals surface area contributed by atoms with Gasteiger partial charge in [0.25, 0.3) is 11.5 Å². The number of rotatable bonds is 5. The Morgan fingerprint density at radius 1 is 1.21 bits per heavy atom. The quantitative estimate of drug-likeness (QED) is 0.360. The van der Waals surface area contributed by atoms with Crippen LogP contribution in [0.25, 0.3) is 28.0 Å². The molecular weight excluding hydrogens is 563 g/mol. The molecule has 0 radical (unpaired) electrons. The number of carbonyl (C=O) groups is 1. The minimum atomic E-state index is -0.689. The molecule has 5 heterocycles. The summed E-state index contributed by atoms with van der Waals surface area (Å²) in [6, 6.07) is 7.21. The predicted octanol–water partition coefficient (Wildman–Crippen LogP) is 3.76. The number of hydrogen-bond donors (Lipinski definition) is 2. The smallest absolute Gasteiger partial charge is 0.283 e. The fraction of sp³-hybridized carbons (Fsp3) is 0.333. The van der Waals surface area contributed by atoms with Crippen molar-refractivity contribution in [1.82, 2.24) is 19.9 Å². The highest BCUT2D eigenvalue weighted by Gasteiger charge is 2.43. The van der Waals surface area contributed by atoms with Gasteiger partial charge in [0.1, 0.15) is 30.0 Å². The number of benzene rings is 1. The first-order chi connectivity index (χ1) is 20.2. The lowest BCUT2D eigenvalue weighted by molar-refractivity contribution is -0.121. The number of methoxy groups -OCH3 is 1. The van der Waals surface area contributed by atoms with Gasteiger partial charge in [0, 0.05) is 31.2 Å². The van der Waals surface area contributed by atoms with E-state index in [2.05, 4.69) is 10.3 Å². The first-order valence-corrected chi connectivity index (χ1v) is 14.0. The van der Waals surface area contributed by atoms with Crippen molar-refractivity contribution in [3.63, 3.8) is 0 Å². The standard InChI is InChI=1S/C30H30ClFN6O4/c1-15(2)23-25(16(3)8-9-34-23)38-28-17(12-18(31)24(35-28)22-19(32)6-5-7-21(22)42-4)26-27(30(38)41)37(14-39)29(40)20-13-33-10-11-36(20)26/h5-9,12,15,20,33,39H,10-11,13-14H2,1-4H3/t20-/m1/s1. The van der Waals surface area contributed by atoms with E-state index >= 15 is 4.39 Å². The zero-order valence-corrected chi connectivity index (χ0v) is 24.4. The Morgan fingerprint density at radius 2 is 2.00 bits per heavy atom. The molecule has 218 valence electrons. The summed E-state index contributed by atoms with van der Waals surface area (Å²) in [5.41, 5.74) is 2.17. The highest BCUT2D eigenvalue weighted by molar-refractivity contribution is 6.34. The van der Waals surface area contributed by atoms with E-state index < -0.39 is 24.1 Å². The highest BCUT2D eigenvalue weighted by atomic mass is 35.5. The van der Waals surface area contributed by atoms with Crippen molar-refractivity contribution < 1.29 is 19.0 Å². The van der Waals surface area contributed by atoms with E-state index in [9.17, 15) is 14.7 Å². The maximum atomic E-state index is 15.3. The minimum absolute atomic E-state index is 0.0280. The third-order valence-electron chi connectivity index (χ3n) is 7.90. The number of pyridine rings is 3. The summed E-state index contributed by atoms with van der Waals surface area (Å²) in [4.78, 5) is 40.7. The number of aliphatic hydroxyl groups is 1. The zero-order chi connectivity index (χ0) is 29.9. The normalized spacial score (nSPS) is 16.7. The molecule has 1 amide bonds. The Balaban J connectivity index is 1.82. The van der Waals surface area contributed by atoms with Crippen molar-refractivity contribution in [2.24, 2.45) is 0 Å². The lowest BCUT2D eigenvalue weighted by Gasteiger charge is -2.45. The van der Waals surface area contributed by atoms with Crippen LogP contribution in [0.15, 0.2) is 41.3 Å². The van der Waals surface area contributed by atoms with Crippen LogP contribution in [0.4, 0.5) is 15.8 Å². The summed E-state index contributed by atoms with van der Waals surface area (Å²) in [6.45, 7) is 6.45. The second kappa shape index (κ2) is 10.6. The molecule has 1 atom stereocenters. The first kappa shape index (κ1) is 28.1. The molecule has 1 aromatic carbocycles. The van der Waals surface area contributed by atoms with Crippen LogP contribution in [-0.4, -0.2) is 65.1 Å². The van der Waals surface area contributed by atoms with Gasteiger partial charge in [-0.25, -0.2) is 9.37 Å². The van der Waals surface area contributed by atoms with Crippen LogP contribution in [0.5, 0.6) is 5.75 Å². The lowest BCUT2D eigenvalue weighted by atomic mass is 10.00. The topological polar surface area (TPSA) is 113 Å². The predicted molar refractivity (Wildman–Crippen MR) is 159 cm³/mol. The largest absolute Gasteiger partial charge is 0.496 e. The molecule has 0 aliphatic carbocycles. The molecule has 0 spiro atoms. The van der Waals surface area contributed by atoms with Gasteiger partial charge in [-0.2, -0.15) is 0 Å². The molecule has 2 N–H and O–H groups in total. The lowest BCUT2D eigenvalue weighted by Crippen LogP contribution is -2.63. The van der Waals surface area contributed by atoms with Gasteiger partial charge in [0.05, 0.1) is 40.5 Å². The van der Waals surface area contributed by atoms with Crippen LogP contribution in [0.1, 0.15) is 31.0 Å². The number of aliphatic hydroxyl groups excluding tert-OH is 1. The SMILES string of the molecule is COc1cccc(F)c1-c1nc2c(cc1Cl)c1c(c(=O)n2-c2c(C)ccnc2C(C)C)N(CO)C(=O)[C@H]2CNCCN12. The number of piperazine rings is 1. The van der Waals surface area contributed by atoms with Gasteiger partial charge in [-0.3, -0.25) is 24.0 Å². The van der Waals surface area contributed by atoms with E-state index in [1.165, 1.54) is 23.8 Å². The second-order valence-corrected chi connectivity index (χ2v) is 11.1. The Hall–Kier alpha value is -4.06. The fourth-order valence-electron chi connectivity index (χ4n) is 5.98. The van der Waals surface area contributed by atoms with Crippen molar-refractivity contribution in [2.45, 2.75) is 32.7 Å². The Morgan fingerprint density at radius 3 is 2.71 bits per heavy atom. The van der Waals surface area contributed by atoms with Crippen molar-refractivity contribution in [3.05, 3.63) is 69.0 Å². The molecule has 0 bridgehead atoms. The van der Waals surface area contributed by atoms with E-state index in [-0.39, 0.29) is 45.2 Å². The monoisotopic (exact) mass is 592 g/mol. The van der Waals surface area contributed by atoms with Crippen LogP contribution >= 0.6 is 11.6 Å². The van der Waals surface area contributed by atoms with Crippen LogP contribution in [0.3, 0.4) is 0 Å². The van der Waals surface area contributed by atoms with Gasteiger partial charge in [-0.1, -0.05) is 31.5 Å². The summed E-state index contributed by atoms with van der Waals surface area (Å²) in [6.07, 6.45) is 1.68. The molecular formula is C30H30ClFN6O4. The first-order valence-electron chi connectivity index (χ1n) is 13.7. The number of amides is 1. The van der Waals surface area contributed by atoms with Gasteiger partial charge >= 0.3 is 0 Å². The molecule has 42 heavy (non-hydrogen) atoms. The van der Waals surface area contributed by atoms with E-state index in [1.54, 1.807) is 24.4 Å². The van der Waals surface area contributed by atoms with Crippen LogP contribution in [-0.2, 0) is 4.79 Å². The molecule has 3 aromatic heterocycles. The average molecular weight is 593 g/mol. The highest BCUT2D eigenvalue weighted by Crippen LogP contribution is 2.44. The van der Waals surface area contributed by atoms with Crippen LogP contribution < -0.4 is 25.4 Å². The molecule has 2 aliphatic rings. The fourth-order valence-corrected chi connectivity index (χ4v) is 6.23. The molecule has 2 aliphatic heterocycles. The Kier molecular flexibility index (Phi) is 7.12. The van der Waals surface area contributed by atoms with Crippen molar-refractivity contribution >= 4 is 39.9 Å². The van der Waals surface area contributed by atoms with Crippen molar-refractivity contribution in [2.75, 3.05) is 43.3 Å². The summed E-state index contributed by atoms with van der Waals surface area (Å²) < 4.78 is 22.2. The molecule has 0 saturated carbocycles. The number of ether oxygens (including phenoxy) is 1. The van der Waals surface area contributed by atoms with Gasteiger partial charge < -0.3 is 20.1 Å². The average Bonchev–Trinajstić information content (AvgIpc) is 2.98. The number of anilines is 2. The van der Waals surface area contributed by atoms with Crippen LogP contribution in [0.2, 0.25) is 5.02 Å². The molecule has 10 nitrogen and oxygen atoms in total. The van der Waals surface area contributed by atoms with E-state index in [4.69, 9.17) is 21.3 Å². The molecule has 6 rings (SSSR count). The number of aromatic nitrogens is 3. The number of fused-ring (bicyclic) bond motifs is 5. The molecule has 1 saturated heterocycles. The van der Waals surface area contributed by atoms with Gasteiger partial charge in [-0.05, 0) is 42.7 Å². The number of hydrogen-bond acceptors (Lipinski definition) is 8. The van der Waals surface area contributed by atoms with Gasteiger partial charge in [0.15, 0.2) is 5.65 Å². The molecule has 4 aromatic rings. The summed E-state index contributed by atoms with van der Waals surface area (Å²) in [7, 11) is 1.43. The van der Waals surface area contributed by atoms with Crippen LogP contribution in [0, 0.1) is 12.7 Å². The second-order valence-electron chi connectivity index (χ2n) is 10.7. The molecule has 0 unspecified atom stereocenters. The summed E-state index contributed by atoms with van der Waals surface area (Å²) >= 11 is 6.86. The van der Waals surface area contributed by atoms with E-state index in [0.29, 0.717) is 42.1 Å². The van der Waals surface area contributed by atoms with E-state index in [0.717, 1.165) is 10.5 Å². The zero-order valence-electron chi connectivity index (χ0n) is 23.6. The summed E-state index contributed by atoms with van der Waals surface area (Å²) in [5.74, 6) is -0.826. The number of nitrogens with zero attached hydrogens (tertiary/aromatic N) is 5. The summed E-state index contributed by atoms with van der Waals surface area (Å²) in [5, 5.41) is 14.2. The molecule has 12 heteroatoms. The van der Waals surface area contributed by atoms with Crippen molar-refractivity contribution in [3.8, 4) is 22.7 Å². The third kappa shape index (κ3) is 4.14. The number of halogens is 2. The number of nitrogens with one attached hydrogen (secondary N) is 1. The Labute approximate surface area is 246 Å². The minimum Gasteiger partial charge on any atom is -0.496 e. The number of carbonyl (C=O) groups excluding carboxylic acids is 1. The van der Waals surface area contributed by atoms with Crippen molar-refractivity contribution in [1.29, 1.82) is 0 Å². The van der Waals surface area contributed by atoms with Gasteiger partial charge in [0.2, 0.25) is 0 Å². The Bertz CT molecular complexity index is 1810. The maximum absolute atomic E-state index is 15.3. The maximum Gasteiger partial charge on any atom is 0.283 e. The molecule has 1 fully saturated rings. The van der Waals surface area contributed by atoms with E-state index in [1.807, 2.05) is 25.7 Å². The number of aryl methyl sites for hydroxylation is 1. The third-order valence-corrected chi connectivity index (χ3v) is 8.19.